The highest BCUT2D eigenvalue weighted by Crippen LogP contribution is 2.34. The van der Waals surface area contributed by atoms with Crippen LogP contribution in [-0.2, 0) is 10.0 Å². The monoisotopic (exact) mass is 370 g/mol. The van der Waals surface area contributed by atoms with Crippen molar-refractivity contribution in [3.05, 3.63) is 28.0 Å². The molecule has 0 saturated carbocycles. The molecular formula is C14H18N4O4S2. The van der Waals surface area contributed by atoms with E-state index < -0.39 is 10.0 Å². The Bertz CT molecular complexity index is 856. The lowest BCUT2D eigenvalue weighted by Gasteiger charge is -2.21. The summed E-state index contributed by atoms with van der Waals surface area (Å²) < 4.78 is 28.6. The fourth-order valence-corrected chi connectivity index (χ4v) is 4.62. The van der Waals surface area contributed by atoms with Gasteiger partial charge < -0.3 is 9.42 Å². The molecule has 130 valence electrons. The number of amides is 1. The molecular weight excluding hydrogens is 352 g/mol. The smallest absolute Gasteiger partial charge is 0.266 e. The van der Waals surface area contributed by atoms with Gasteiger partial charge in [0.05, 0.1) is 0 Å². The third-order valence-electron chi connectivity index (χ3n) is 3.90. The zero-order chi connectivity index (χ0) is 17.5. The van der Waals surface area contributed by atoms with Crippen LogP contribution in [0, 0.1) is 0 Å². The Hall–Kier alpha value is -1.78. The van der Waals surface area contributed by atoms with Crippen molar-refractivity contribution < 1.29 is 17.7 Å². The van der Waals surface area contributed by atoms with E-state index in [2.05, 4.69) is 10.1 Å². The molecule has 1 unspecified atom stereocenters. The quantitative estimate of drug-likeness (QED) is 0.877. The number of aromatic nitrogens is 2. The fraction of sp³-hybridized carbons (Fsp3) is 0.500. The van der Waals surface area contributed by atoms with E-state index in [9.17, 15) is 13.2 Å². The Morgan fingerprint density at radius 2 is 2.25 bits per heavy atom. The van der Waals surface area contributed by atoms with Crippen LogP contribution in [0.25, 0.3) is 0 Å². The van der Waals surface area contributed by atoms with Crippen LogP contribution >= 0.6 is 11.3 Å². The Kier molecular flexibility index (Phi) is 4.45. The van der Waals surface area contributed by atoms with Gasteiger partial charge in [-0.15, -0.1) is 11.3 Å². The molecule has 1 amide bonds. The molecule has 0 radical (unpaired) electrons. The minimum Gasteiger partial charge on any atom is -0.337 e. The highest BCUT2D eigenvalue weighted by molar-refractivity contribution is 7.89. The summed E-state index contributed by atoms with van der Waals surface area (Å²) in [5.74, 6) is 0.726. The third kappa shape index (κ3) is 3.08. The Balaban J connectivity index is 1.90. The SMILES string of the molecule is CC(C)c1noc(C2CCCN2C(=O)c2sccc2S(N)(=O)=O)n1. The molecule has 0 aliphatic carbocycles. The second kappa shape index (κ2) is 6.26. The van der Waals surface area contributed by atoms with Crippen molar-refractivity contribution in [2.75, 3.05) is 6.54 Å². The average molecular weight is 370 g/mol. The summed E-state index contributed by atoms with van der Waals surface area (Å²) in [5.41, 5.74) is 0. The number of rotatable bonds is 4. The van der Waals surface area contributed by atoms with Crippen molar-refractivity contribution in [3.8, 4) is 0 Å². The van der Waals surface area contributed by atoms with E-state index in [0.29, 0.717) is 24.7 Å². The molecule has 0 bridgehead atoms. The molecule has 0 spiro atoms. The minimum absolute atomic E-state index is 0.119. The van der Waals surface area contributed by atoms with Gasteiger partial charge in [0, 0.05) is 12.5 Å². The zero-order valence-electron chi connectivity index (χ0n) is 13.3. The summed E-state index contributed by atoms with van der Waals surface area (Å²) in [5, 5.41) is 10.7. The van der Waals surface area contributed by atoms with Gasteiger partial charge in [0.2, 0.25) is 15.9 Å². The number of hydrogen-bond donors (Lipinski definition) is 1. The topological polar surface area (TPSA) is 119 Å². The normalized spacial score (nSPS) is 18.5. The van der Waals surface area contributed by atoms with Gasteiger partial charge >= 0.3 is 0 Å². The summed E-state index contributed by atoms with van der Waals surface area (Å²) in [6.07, 6.45) is 1.48. The fourth-order valence-electron chi connectivity index (χ4n) is 2.69. The van der Waals surface area contributed by atoms with Crippen LogP contribution in [0.3, 0.4) is 0 Å². The molecule has 10 heteroatoms. The first-order valence-corrected chi connectivity index (χ1v) is 9.96. The molecule has 8 nitrogen and oxygen atoms in total. The van der Waals surface area contributed by atoms with Crippen LogP contribution in [0.1, 0.15) is 60.0 Å². The zero-order valence-corrected chi connectivity index (χ0v) is 14.9. The molecule has 24 heavy (non-hydrogen) atoms. The molecule has 2 N–H and O–H groups in total. The van der Waals surface area contributed by atoms with Crippen LogP contribution in [0.15, 0.2) is 20.9 Å². The maximum Gasteiger partial charge on any atom is 0.266 e. The molecule has 1 aliphatic heterocycles. The number of nitrogens with two attached hydrogens (primary N) is 1. The number of sulfonamides is 1. The summed E-state index contributed by atoms with van der Waals surface area (Å²) in [4.78, 5) is 18.8. The van der Waals surface area contributed by atoms with Crippen molar-refractivity contribution >= 4 is 27.3 Å². The number of nitrogens with zero attached hydrogens (tertiary/aromatic N) is 3. The highest BCUT2D eigenvalue weighted by atomic mass is 32.2. The Morgan fingerprint density at radius 3 is 2.88 bits per heavy atom. The van der Waals surface area contributed by atoms with Crippen molar-refractivity contribution in [2.45, 2.75) is 43.5 Å². The van der Waals surface area contributed by atoms with E-state index >= 15 is 0 Å². The minimum atomic E-state index is -3.94. The number of thiophene rings is 1. The van der Waals surface area contributed by atoms with Crippen molar-refractivity contribution in [2.24, 2.45) is 5.14 Å². The van der Waals surface area contributed by atoms with E-state index in [4.69, 9.17) is 9.66 Å². The molecule has 3 heterocycles. The second-order valence-corrected chi connectivity index (χ2v) is 8.41. The van der Waals surface area contributed by atoms with Crippen LogP contribution < -0.4 is 5.14 Å². The number of primary sulfonamides is 1. The van der Waals surface area contributed by atoms with Gasteiger partial charge in [0.1, 0.15) is 15.8 Å². The van der Waals surface area contributed by atoms with Gasteiger partial charge in [0.15, 0.2) is 5.82 Å². The van der Waals surface area contributed by atoms with E-state index in [1.165, 1.54) is 6.07 Å². The van der Waals surface area contributed by atoms with Gasteiger partial charge in [-0.3, -0.25) is 4.79 Å². The molecule has 2 aromatic heterocycles. The maximum atomic E-state index is 12.8. The van der Waals surface area contributed by atoms with E-state index in [1.54, 1.807) is 10.3 Å². The maximum absolute atomic E-state index is 12.8. The molecule has 0 aromatic carbocycles. The first kappa shape index (κ1) is 17.1. The van der Waals surface area contributed by atoms with E-state index in [-0.39, 0.29) is 27.6 Å². The first-order valence-electron chi connectivity index (χ1n) is 7.53. The molecule has 1 saturated heterocycles. The number of carbonyl (C=O) groups is 1. The number of carbonyl (C=O) groups excluding carboxylic acids is 1. The lowest BCUT2D eigenvalue weighted by molar-refractivity contribution is 0.0711. The van der Waals surface area contributed by atoms with E-state index in [0.717, 1.165) is 17.8 Å². The van der Waals surface area contributed by atoms with Crippen LogP contribution in [0.4, 0.5) is 0 Å². The first-order chi connectivity index (χ1) is 11.3. The van der Waals surface area contributed by atoms with Crippen LogP contribution in [0.5, 0.6) is 0 Å². The van der Waals surface area contributed by atoms with Crippen molar-refractivity contribution in [1.29, 1.82) is 0 Å². The summed E-state index contributed by atoms with van der Waals surface area (Å²) in [6.45, 7) is 4.41. The summed E-state index contributed by atoms with van der Waals surface area (Å²) in [7, 11) is -3.94. The van der Waals surface area contributed by atoms with Gasteiger partial charge in [-0.2, -0.15) is 4.98 Å². The number of hydrogen-bond acceptors (Lipinski definition) is 7. The van der Waals surface area contributed by atoms with Crippen molar-refractivity contribution in [1.82, 2.24) is 15.0 Å². The average Bonchev–Trinajstić information content (AvgIpc) is 3.23. The third-order valence-corrected chi connectivity index (χ3v) is 5.89. The van der Waals surface area contributed by atoms with Crippen LogP contribution in [-0.4, -0.2) is 35.9 Å². The lowest BCUT2D eigenvalue weighted by atomic mass is 10.2. The lowest BCUT2D eigenvalue weighted by Crippen LogP contribution is -2.31. The second-order valence-electron chi connectivity index (χ2n) is 5.96. The molecule has 3 rings (SSSR count). The van der Waals surface area contributed by atoms with Gasteiger partial charge in [-0.25, -0.2) is 13.6 Å². The summed E-state index contributed by atoms with van der Waals surface area (Å²) in [6, 6.07) is 1.01. The molecule has 1 atom stereocenters. The Labute approximate surface area is 143 Å². The van der Waals surface area contributed by atoms with E-state index in [1.807, 2.05) is 13.8 Å². The standard InChI is InChI=1S/C14H18N4O4S2/c1-8(2)12-16-13(22-17-12)9-4-3-6-18(9)14(19)11-10(5-7-23-11)24(15,20)21/h5,7-9H,3-4,6H2,1-2H3,(H2,15,20,21). The van der Waals surface area contributed by atoms with Gasteiger partial charge in [-0.1, -0.05) is 19.0 Å². The molecule has 1 aliphatic rings. The predicted molar refractivity (Wildman–Crippen MR) is 87.1 cm³/mol. The largest absolute Gasteiger partial charge is 0.337 e. The van der Waals surface area contributed by atoms with Gasteiger partial charge in [0.25, 0.3) is 5.91 Å². The predicted octanol–water partition coefficient (Wildman–Crippen LogP) is 1.88. The number of likely N-dealkylation sites (tertiary alicyclic amines) is 1. The highest BCUT2D eigenvalue weighted by Gasteiger charge is 2.36. The molecule has 1 fully saturated rings. The van der Waals surface area contributed by atoms with Crippen LogP contribution in [0.2, 0.25) is 0 Å². The Morgan fingerprint density at radius 1 is 1.50 bits per heavy atom. The van der Waals surface area contributed by atoms with Crippen molar-refractivity contribution in [3.63, 3.8) is 0 Å². The molecule has 2 aromatic rings. The summed E-state index contributed by atoms with van der Waals surface area (Å²) >= 11 is 1.06. The van der Waals surface area contributed by atoms with Gasteiger partial charge in [-0.05, 0) is 24.3 Å².